The van der Waals surface area contributed by atoms with Gasteiger partial charge in [0, 0.05) is 0 Å². The van der Waals surface area contributed by atoms with Crippen LogP contribution in [0.1, 0.15) is 19.4 Å². The fraction of sp³-hybridized carbons (Fsp3) is 0.300. The molecule has 84 valence electrons. The van der Waals surface area contributed by atoms with Gasteiger partial charge in [0.05, 0.1) is 11.7 Å². The Balaban J connectivity index is 2.64. The van der Waals surface area contributed by atoms with E-state index in [1.54, 1.807) is 18.4 Å². The standard InChI is InChI=1S/C10H10N2O3S/c1-2-7(10(14)15)12-5-11-8-6(9(12)13)3-4-16-8/h3-5,7H,2H2,1H3,(H,14,15). The Hall–Kier alpha value is -1.69. The predicted octanol–water partition coefficient (Wildman–Crippen LogP) is 1.49. The Morgan fingerprint density at radius 1 is 1.69 bits per heavy atom. The fourth-order valence-electron chi connectivity index (χ4n) is 1.58. The Morgan fingerprint density at radius 3 is 3.06 bits per heavy atom. The number of carboxylic acid groups (broad SMARTS) is 1. The van der Waals surface area contributed by atoms with Crippen LogP contribution in [-0.4, -0.2) is 20.6 Å². The first-order valence-electron chi connectivity index (χ1n) is 4.82. The van der Waals surface area contributed by atoms with Crippen LogP contribution in [0, 0.1) is 0 Å². The van der Waals surface area contributed by atoms with E-state index in [0.29, 0.717) is 16.6 Å². The zero-order valence-corrected chi connectivity index (χ0v) is 9.40. The van der Waals surface area contributed by atoms with Gasteiger partial charge in [0.2, 0.25) is 0 Å². The van der Waals surface area contributed by atoms with Gasteiger partial charge in [0.15, 0.2) is 0 Å². The lowest BCUT2D eigenvalue weighted by Crippen LogP contribution is -2.29. The van der Waals surface area contributed by atoms with E-state index in [0.717, 1.165) is 0 Å². The number of aliphatic carboxylic acids is 1. The second kappa shape index (κ2) is 4.05. The lowest BCUT2D eigenvalue weighted by molar-refractivity contribution is -0.141. The normalized spacial score (nSPS) is 12.8. The molecule has 1 N–H and O–H groups in total. The Labute approximate surface area is 95.0 Å². The number of hydrogen-bond donors (Lipinski definition) is 1. The molecule has 2 aromatic rings. The van der Waals surface area contributed by atoms with Gasteiger partial charge in [-0.25, -0.2) is 9.78 Å². The Kier molecular flexibility index (Phi) is 2.74. The molecule has 0 radical (unpaired) electrons. The highest BCUT2D eigenvalue weighted by Crippen LogP contribution is 2.16. The molecule has 0 aliphatic carbocycles. The third-order valence-corrected chi connectivity index (χ3v) is 3.24. The molecule has 0 aliphatic heterocycles. The van der Waals surface area contributed by atoms with Gasteiger partial charge in [-0.05, 0) is 17.9 Å². The largest absolute Gasteiger partial charge is 0.480 e. The van der Waals surface area contributed by atoms with Gasteiger partial charge >= 0.3 is 5.97 Å². The van der Waals surface area contributed by atoms with Crippen molar-refractivity contribution in [3.63, 3.8) is 0 Å². The van der Waals surface area contributed by atoms with Crippen molar-refractivity contribution in [2.45, 2.75) is 19.4 Å². The number of thiophene rings is 1. The monoisotopic (exact) mass is 238 g/mol. The minimum atomic E-state index is -1.01. The zero-order chi connectivity index (χ0) is 11.7. The van der Waals surface area contributed by atoms with Crippen LogP contribution in [0.2, 0.25) is 0 Å². The first-order valence-corrected chi connectivity index (χ1v) is 5.70. The van der Waals surface area contributed by atoms with E-state index in [1.165, 1.54) is 22.2 Å². The molecule has 16 heavy (non-hydrogen) atoms. The van der Waals surface area contributed by atoms with Crippen molar-refractivity contribution in [3.05, 3.63) is 28.1 Å². The number of carboxylic acids is 1. The number of nitrogens with zero attached hydrogens (tertiary/aromatic N) is 2. The highest BCUT2D eigenvalue weighted by Gasteiger charge is 2.19. The van der Waals surface area contributed by atoms with Crippen LogP contribution < -0.4 is 5.56 Å². The van der Waals surface area contributed by atoms with Crippen molar-refractivity contribution in [2.75, 3.05) is 0 Å². The first-order chi connectivity index (χ1) is 7.65. The lowest BCUT2D eigenvalue weighted by atomic mass is 10.2. The van der Waals surface area contributed by atoms with E-state index in [-0.39, 0.29) is 5.56 Å². The van der Waals surface area contributed by atoms with E-state index in [1.807, 2.05) is 0 Å². The summed E-state index contributed by atoms with van der Waals surface area (Å²) in [7, 11) is 0. The molecule has 6 heteroatoms. The van der Waals surface area contributed by atoms with E-state index in [2.05, 4.69) is 4.98 Å². The summed E-state index contributed by atoms with van der Waals surface area (Å²) < 4.78 is 1.18. The third-order valence-electron chi connectivity index (χ3n) is 2.42. The van der Waals surface area contributed by atoms with Crippen molar-refractivity contribution in [1.29, 1.82) is 0 Å². The molecule has 0 saturated heterocycles. The highest BCUT2D eigenvalue weighted by atomic mass is 32.1. The molecule has 0 spiro atoms. The summed E-state index contributed by atoms with van der Waals surface area (Å²) in [6.07, 6.45) is 1.66. The Morgan fingerprint density at radius 2 is 2.44 bits per heavy atom. The average molecular weight is 238 g/mol. The van der Waals surface area contributed by atoms with Crippen LogP contribution in [0.15, 0.2) is 22.6 Å². The molecular weight excluding hydrogens is 228 g/mol. The lowest BCUT2D eigenvalue weighted by Gasteiger charge is -2.12. The summed E-state index contributed by atoms with van der Waals surface area (Å²) in [4.78, 5) is 27.6. The molecule has 2 rings (SSSR count). The van der Waals surface area contributed by atoms with Gasteiger partial charge in [-0.2, -0.15) is 0 Å². The van der Waals surface area contributed by atoms with E-state index in [9.17, 15) is 9.59 Å². The van der Waals surface area contributed by atoms with Gasteiger partial charge in [-0.15, -0.1) is 11.3 Å². The summed E-state index contributed by atoms with van der Waals surface area (Å²) >= 11 is 1.37. The topological polar surface area (TPSA) is 72.2 Å². The summed E-state index contributed by atoms with van der Waals surface area (Å²) in [6, 6.07) is 0.824. The quantitative estimate of drug-likeness (QED) is 0.879. The molecule has 0 fully saturated rings. The van der Waals surface area contributed by atoms with Crippen LogP contribution in [0.25, 0.3) is 10.2 Å². The number of rotatable bonds is 3. The maximum atomic E-state index is 12.0. The maximum Gasteiger partial charge on any atom is 0.326 e. The van der Waals surface area contributed by atoms with Crippen LogP contribution in [0.5, 0.6) is 0 Å². The van der Waals surface area contributed by atoms with Crippen molar-refractivity contribution >= 4 is 27.5 Å². The van der Waals surface area contributed by atoms with Crippen LogP contribution >= 0.6 is 11.3 Å². The first kappa shape index (κ1) is 10.8. The highest BCUT2D eigenvalue weighted by molar-refractivity contribution is 7.16. The average Bonchev–Trinajstić information content (AvgIpc) is 2.70. The van der Waals surface area contributed by atoms with Crippen LogP contribution in [0.3, 0.4) is 0 Å². The molecule has 0 amide bonds. The number of carbonyl (C=O) groups is 1. The number of hydrogen-bond acceptors (Lipinski definition) is 4. The van der Waals surface area contributed by atoms with E-state index in [4.69, 9.17) is 5.11 Å². The van der Waals surface area contributed by atoms with Crippen LogP contribution in [0.4, 0.5) is 0 Å². The van der Waals surface area contributed by atoms with Crippen molar-refractivity contribution < 1.29 is 9.90 Å². The van der Waals surface area contributed by atoms with E-state index >= 15 is 0 Å². The summed E-state index contributed by atoms with van der Waals surface area (Å²) in [6.45, 7) is 1.73. The molecule has 1 atom stereocenters. The fourth-order valence-corrected chi connectivity index (χ4v) is 2.31. The molecule has 0 aliphatic rings. The molecule has 0 aromatic carbocycles. The summed E-state index contributed by atoms with van der Waals surface area (Å²) in [5, 5.41) is 11.2. The van der Waals surface area contributed by atoms with Gasteiger partial charge in [0.1, 0.15) is 10.9 Å². The molecule has 0 saturated carbocycles. The SMILES string of the molecule is CCC(C(=O)O)n1cnc2sccc2c1=O. The van der Waals surface area contributed by atoms with E-state index < -0.39 is 12.0 Å². The molecule has 0 bridgehead atoms. The maximum absolute atomic E-state index is 12.0. The third kappa shape index (κ3) is 1.61. The van der Waals surface area contributed by atoms with Gasteiger partial charge in [-0.1, -0.05) is 6.92 Å². The number of aromatic nitrogens is 2. The Bertz CT molecular complexity index is 587. The minimum Gasteiger partial charge on any atom is -0.480 e. The predicted molar refractivity (Wildman–Crippen MR) is 60.8 cm³/mol. The van der Waals surface area contributed by atoms with Crippen molar-refractivity contribution in [3.8, 4) is 0 Å². The van der Waals surface area contributed by atoms with Gasteiger partial charge in [-0.3, -0.25) is 9.36 Å². The van der Waals surface area contributed by atoms with Crippen molar-refractivity contribution in [2.24, 2.45) is 0 Å². The molecule has 5 nitrogen and oxygen atoms in total. The number of fused-ring (bicyclic) bond motifs is 1. The molecule has 1 unspecified atom stereocenters. The molecular formula is C10H10N2O3S. The second-order valence-corrected chi connectivity index (χ2v) is 4.25. The molecule has 2 heterocycles. The van der Waals surface area contributed by atoms with Crippen LogP contribution in [-0.2, 0) is 4.79 Å². The second-order valence-electron chi connectivity index (χ2n) is 3.36. The smallest absolute Gasteiger partial charge is 0.326 e. The summed E-state index contributed by atoms with van der Waals surface area (Å²) in [5.74, 6) is -1.01. The van der Waals surface area contributed by atoms with Crippen molar-refractivity contribution in [1.82, 2.24) is 9.55 Å². The molecule has 2 aromatic heterocycles. The van der Waals surface area contributed by atoms with Gasteiger partial charge < -0.3 is 5.11 Å². The summed E-state index contributed by atoms with van der Waals surface area (Å²) in [5.41, 5.74) is -0.291. The van der Waals surface area contributed by atoms with Gasteiger partial charge in [0.25, 0.3) is 5.56 Å². The zero-order valence-electron chi connectivity index (χ0n) is 8.58. The minimum absolute atomic E-state index is 0.291.